The normalized spacial score (nSPS) is 10.9. The Hall–Kier alpha value is -3.29. The highest BCUT2D eigenvalue weighted by Crippen LogP contribution is 2.14. The molecule has 0 saturated heterocycles. The van der Waals surface area contributed by atoms with Crippen LogP contribution >= 0.6 is 0 Å². The SMILES string of the molecule is c1ccc2[nH]c(Cc3nccc(Nc4cn[nH]n4)n3)nc2c1. The standard InChI is InChI=1S/C14H12N8/c1-2-4-10-9(3-1)17-13(18-10)7-12-15-6-5-11(19-12)20-14-8-16-22-21-14/h1-6,8H,7H2,(H,17,18)(H2,15,16,19,20,21,22). The van der Waals surface area contributed by atoms with Gasteiger partial charge in [-0.3, -0.25) is 0 Å². The van der Waals surface area contributed by atoms with Crippen LogP contribution in [-0.2, 0) is 6.42 Å². The summed E-state index contributed by atoms with van der Waals surface area (Å²) in [6.07, 6.45) is 3.82. The monoisotopic (exact) mass is 292 g/mol. The molecule has 0 saturated carbocycles. The third-order valence-electron chi connectivity index (χ3n) is 3.14. The van der Waals surface area contributed by atoms with Crippen LogP contribution in [0.5, 0.6) is 0 Å². The van der Waals surface area contributed by atoms with Crippen LogP contribution in [0.1, 0.15) is 11.6 Å². The first-order valence-corrected chi connectivity index (χ1v) is 6.75. The van der Waals surface area contributed by atoms with Gasteiger partial charge in [-0.2, -0.15) is 10.3 Å². The maximum absolute atomic E-state index is 4.53. The first-order chi connectivity index (χ1) is 10.9. The molecular formula is C14H12N8. The second-order valence-electron chi connectivity index (χ2n) is 4.72. The summed E-state index contributed by atoms with van der Waals surface area (Å²) in [7, 11) is 0. The summed E-state index contributed by atoms with van der Waals surface area (Å²) in [5, 5.41) is 13.3. The summed E-state index contributed by atoms with van der Waals surface area (Å²) in [5.41, 5.74) is 1.95. The van der Waals surface area contributed by atoms with Crippen LogP contribution in [0.15, 0.2) is 42.7 Å². The minimum atomic E-state index is 0.531. The molecule has 0 fully saturated rings. The maximum atomic E-state index is 4.53. The fraction of sp³-hybridized carbons (Fsp3) is 0.0714. The van der Waals surface area contributed by atoms with E-state index in [1.165, 1.54) is 0 Å². The van der Waals surface area contributed by atoms with Gasteiger partial charge in [0, 0.05) is 6.20 Å². The molecule has 4 rings (SSSR count). The highest BCUT2D eigenvalue weighted by molar-refractivity contribution is 5.74. The Morgan fingerprint density at radius 1 is 1.05 bits per heavy atom. The molecule has 0 aliphatic heterocycles. The molecule has 8 nitrogen and oxygen atoms in total. The number of imidazole rings is 1. The van der Waals surface area contributed by atoms with E-state index in [0.717, 1.165) is 16.9 Å². The van der Waals surface area contributed by atoms with Gasteiger partial charge in [-0.05, 0) is 18.2 Å². The van der Waals surface area contributed by atoms with E-state index < -0.39 is 0 Å². The van der Waals surface area contributed by atoms with E-state index in [4.69, 9.17) is 0 Å². The predicted molar refractivity (Wildman–Crippen MR) is 80.6 cm³/mol. The molecule has 1 aromatic carbocycles. The van der Waals surface area contributed by atoms with Crippen molar-refractivity contribution in [3.63, 3.8) is 0 Å². The number of hydrogen-bond donors (Lipinski definition) is 3. The van der Waals surface area contributed by atoms with Crippen LogP contribution in [0, 0.1) is 0 Å². The number of nitrogens with zero attached hydrogens (tertiary/aromatic N) is 5. The highest BCUT2D eigenvalue weighted by Gasteiger charge is 2.06. The van der Waals surface area contributed by atoms with Gasteiger partial charge in [0.2, 0.25) is 0 Å². The summed E-state index contributed by atoms with van der Waals surface area (Å²) >= 11 is 0. The average molecular weight is 292 g/mol. The molecule has 0 amide bonds. The largest absolute Gasteiger partial charge is 0.342 e. The van der Waals surface area contributed by atoms with Crippen LogP contribution in [0.25, 0.3) is 11.0 Å². The molecule has 0 aliphatic carbocycles. The van der Waals surface area contributed by atoms with Crippen molar-refractivity contribution in [2.45, 2.75) is 6.42 Å². The van der Waals surface area contributed by atoms with E-state index in [9.17, 15) is 0 Å². The van der Waals surface area contributed by atoms with Gasteiger partial charge in [0.25, 0.3) is 0 Å². The summed E-state index contributed by atoms with van der Waals surface area (Å²) in [5.74, 6) is 2.77. The fourth-order valence-electron chi connectivity index (χ4n) is 2.19. The van der Waals surface area contributed by atoms with Crippen molar-refractivity contribution in [3.8, 4) is 0 Å². The van der Waals surface area contributed by atoms with E-state index in [0.29, 0.717) is 23.9 Å². The Morgan fingerprint density at radius 3 is 2.86 bits per heavy atom. The van der Waals surface area contributed by atoms with Gasteiger partial charge in [0.05, 0.1) is 23.7 Å². The van der Waals surface area contributed by atoms with Gasteiger partial charge >= 0.3 is 0 Å². The third kappa shape index (κ3) is 2.49. The minimum Gasteiger partial charge on any atom is -0.342 e. The van der Waals surface area contributed by atoms with E-state index in [1.54, 1.807) is 18.5 Å². The lowest BCUT2D eigenvalue weighted by Gasteiger charge is -2.02. The molecule has 8 heteroatoms. The number of aromatic nitrogens is 7. The highest BCUT2D eigenvalue weighted by atomic mass is 15.4. The smallest absolute Gasteiger partial charge is 0.173 e. The van der Waals surface area contributed by atoms with Crippen LogP contribution in [-0.4, -0.2) is 35.3 Å². The number of aromatic amines is 2. The van der Waals surface area contributed by atoms with Crippen molar-refractivity contribution in [3.05, 3.63) is 54.4 Å². The number of para-hydroxylation sites is 2. The quantitative estimate of drug-likeness (QED) is 0.529. The Morgan fingerprint density at radius 2 is 2.00 bits per heavy atom. The van der Waals surface area contributed by atoms with Crippen LogP contribution in [0.3, 0.4) is 0 Å². The van der Waals surface area contributed by atoms with E-state index in [2.05, 4.69) is 40.7 Å². The molecule has 3 N–H and O–H groups in total. The Kier molecular flexibility index (Phi) is 2.97. The number of anilines is 2. The Balaban J connectivity index is 1.57. The third-order valence-corrected chi connectivity index (χ3v) is 3.14. The molecule has 0 unspecified atom stereocenters. The van der Waals surface area contributed by atoms with Crippen LogP contribution in [0.4, 0.5) is 11.6 Å². The number of fused-ring (bicyclic) bond motifs is 1. The Labute approximate surface area is 125 Å². The fourth-order valence-corrected chi connectivity index (χ4v) is 2.19. The zero-order valence-electron chi connectivity index (χ0n) is 11.5. The van der Waals surface area contributed by atoms with Crippen molar-refractivity contribution in [1.29, 1.82) is 0 Å². The first kappa shape index (κ1) is 12.5. The molecule has 0 bridgehead atoms. The zero-order valence-corrected chi connectivity index (χ0v) is 11.5. The van der Waals surface area contributed by atoms with Crippen molar-refractivity contribution >= 4 is 22.7 Å². The van der Waals surface area contributed by atoms with Crippen molar-refractivity contribution < 1.29 is 0 Å². The molecule has 0 aliphatic rings. The van der Waals surface area contributed by atoms with Gasteiger partial charge in [0.1, 0.15) is 17.5 Å². The maximum Gasteiger partial charge on any atom is 0.173 e. The molecule has 3 heterocycles. The minimum absolute atomic E-state index is 0.531. The predicted octanol–water partition coefficient (Wildman–Crippen LogP) is 1.81. The van der Waals surface area contributed by atoms with Gasteiger partial charge in [-0.25, -0.2) is 15.0 Å². The number of hydrogen-bond acceptors (Lipinski definition) is 6. The summed E-state index contributed by atoms with van der Waals surface area (Å²) in [4.78, 5) is 16.5. The Bertz CT molecular complexity index is 863. The average Bonchev–Trinajstić information content (AvgIpc) is 3.16. The summed E-state index contributed by atoms with van der Waals surface area (Å²) < 4.78 is 0. The van der Waals surface area contributed by atoms with Crippen LogP contribution in [0.2, 0.25) is 0 Å². The summed E-state index contributed by atoms with van der Waals surface area (Å²) in [6, 6.07) is 9.68. The van der Waals surface area contributed by atoms with Gasteiger partial charge < -0.3 is 10.3 Å². The molecule has 0 atom stereocenters. The van der Waals surface area contributed by atoms with Crippen LogP contribution < -0.4 is 5.32 Å². The molecular weight excluding hydrogens is 280 g/mol. The zero-order chi connectivity index (χ0) is 14.8. The lowest BCUT2D eigenvalue weighted by Crippen LogP contribution is -2.01. The molecule has 3 aromatic heterocycles. The number of H-pyrrole nitrogens is 2. The number of rotatable bonds is 4. The number of benzene rings is 1. The topological polar surface area (TPSA) is 108 Å². The second kappa shape index (κ2) is 5.24. The number of nitrogens with one attached hydrogen (secondary N) is 3. The second-order valence-corrected chi connectivity index (χ2v) is 4.72. The van der Waals surface area contributed by atoms with Gasteiger partial charge in [-0.15, -0.1) is 5.10 Å². The van der Waals surface area contributed by atoms with E-state index >= 15 is 0 Å². The van der Waals surface area contributed by atoms with Crippen molar-refractivity contribution in [2.24, 2.45) is 0 Å². The molecule has 0 spiro atoms. The van der Waals surface area contributed by atoms with E-state index in [1.807, 2.05) is 24.3 Å². The lowest BCUT2D eigenvalue weighted by atomic mass is 10.3. The van der Waals surface area contributed by atoms with Gasteiger partial charge in [0.15, 0.2) is 5.82 Å². The molecule has 22 heavy (non-hydrogen) atoms. The lowest BCUT2D eigenvalue weighted by molar-refractivity contribution is 0.917. The van der Waals surface area contributed by atoms with Crippen molar-refractivity contribution in [1.82, 2.24) is 35.3 Å². The molecule has 0 radical (unpaired) electrons. The molecule has 108 valence electrons. The first-order valence-electron chi connectivity index (χ1n) is 6.75. The van der Waals surface area contributed by atoms with E-state index in [-0.39, 0.29) is 0 Å². The van der Waals surface area contributed by atoms with Crippen molar-refractivity contribution in [2.75, 3.05) is 5.32 Å². The summed E-state index contributed by atoms with van der Waals surface area (Å²) in [6.45, 7) is 0. The molecule has 4 aromatic rings. The van der Waals surface area contributed by atoms with Gasteiger partial charge in [-0.1, -0.05) is 12.1 Å².